The highest BCUT2D eigenvalue weighted by Crippen LogP contribution is 2.23. The Morgan fingerprint density at radius 3 is 2.62 bits per heavy atom. The highest BCUT2D eigenvalue weighted by atomic mass is 32.1. The van der Waals surface area contributed by atoms with Crippen LogP contribution < -0.4 is 5.32 Å². The lowest BCUT2D eigenvalue weighted by Gasteiger charge is -2.21. The van der Waals surface area contributed by atoms with Gasteiger partial charge in [0, 0.05) is 7.11 Å². The number of aromatic carboxylic acids is 1. The summed E-state index contributed by atoms with van der Waals surface area (Å²) in [5, 5.41) is 13.0. The van der Waals surface area contributed by atoms with Gasteiger partial charge in [-0.1, -0.05) is 0 Å². The van der Waals surface area contributed by atoms with Crippen LogP contribution in [0.1, 0.15) is 23.5 Å². The minimum atomic E-state index is -1.06. The second-order valence-electron chi connectivity index (χ2n) is 3.64. The molecular formula is C10H13NO4S. The van der Waals surface area contributed by atoms with Gasteiger partial charge in [0.25, 0.3) is 5.91 Å². The van der Waals surface area contributed by atoms with Crippen LogP contribution in [0.5, 0.6) is 0 Å². The number of nitrogens with one attached hydrogen (secondary N) is 1. The molecule has 88 valence electrons. The van der Waals surface area contributed by atoms with Crippen molar-refractivity contribution in [2.24, 2.45) is 0 Å². The van der Waals surface area contributed by atoms with Crippen molar-refractivity contribution in [3.63, 3.8) is 0 Å². The van der Waals surface area contributed by atoms with Gasteiger partial charge in [0.05, 0.1) is 5.69 Å². The van der Waals surface area contributed by atoms with Crippen molar-refractivity contribution >= 4 is 28.9 Å². The van der Waals surface area contributed by atoms with Gasteiger partial charge in [0.2, 0.25) is 0 Å². The standard InChI is InChI=1S/C10H13NO4S/c1-10(2,15-3)9(14)11-6-4-5-16-7(6)8(12)13/h4-5H,1-3H3,(H,11,14)(H,12,13). The Morgan fingerprint density at radius 2 is 2.12 bits per heavy atom. The minimum absolute atomic E-state index is 0.111. The summed E-state index contributed by atoms with van der Waals surface area (Å²) in [5.41, 5.74) is -0.690. The fourth-order valence-corrected chi connectivity index (χ4v) is 1.63. The summed E-state index contributed by atoms with van der Waals surface area (Å²) in [5.74, 6) is -1.43. The minimum Gasteiger partial charge on any atom is -0.477 e. The van der Waals surface area contributed by atoms with Crippen LogP contribution in [0.25, 0.3) is 0 Å². The van der Waals surface area contributed by atoms with E-state index in [0.717, 1.165) is 11.3 Å². The van der Waals surface area contributed by atoms with Crippen LogP contribution in [0.15, 0.2) is 11.4 Å². The first kappa shape index (κ1) is 12.7. The molecule has 0 aliphatic carbocycles. The van der Waals surface area contributed by atoms with Gasteiger partial charge in [0.1, 0.15) is 10.5 Å². The predicted octanol–water partition coefficient (Wildman–Crippen LogP) is 1.81. The number of carboxylic acid groups (broad SMARTS) is 1. The number of carbonyl (C=O) groups is 2. The maximum atomic E-state index is 11.7. The van der Waals surface area contributed by atoms with Crippen molar-refractivity contribution in [1.82, 2.24) is 0 Å². The fourth-order valence-electron chi connectivity index (χ4n) is 0.939. The largest absolute Gasteiger partial charge is 0.477 e. The van der Waals surface area contributed by atoms with Crippen LogP contribution in [0, 0.1) is 0 Å². The van der Waals surface area contributed by atoms with Gasteiger partial charge in [-0.25, -0.2) is 4.79 Å². The van der Waals surface area contributed by atoms with Gasteiger partial charge in [0.15, 0.2) is 0 Å². The molecule has 6 heteroatoms. The molecule has 0 saturated heterocycles. The topological polar surface area (TPSA) is 75.6 Å². The third kappa shape index (κ3) is 2.59. The molecule has 5 nitrogen and oxygen atoms in total. The van der Waals surface area contributed by atoms with Crippen molar-refractivity contribution in [3.8, 4) is 0 Å². The average Bonchev–Trinajstić information content (AvgIpc) is 2.65. The number of rotatable bonds is 4. The third-order valence-electron chi connectivity index (χ3n) is 2.16. The monoisotopic (exact) mass is 243 g/mol. The van der Waals surface area contributed by atoms with Crippen LogP contribution >= 0.6 is 11.3 Å². The van der Waals surface area contributed by atoms with Gasteiger partial charge < -0.3 is 15.2 Å². The third-order valence-corrected chi connectivity index (χ3v) is 3.07. The van der Waals surface area contributed by atoms with Crippen molar-refractivity contribution in [2.75, 3.05) is 12.4 Å². The zero-order valence-corrected chi connectivity index (χ0v) is 10.1. The molecule has 2 N–H and O–H groups in total. The van der Waals surface area contributed by atoms with Crippen molar-refractivity contribution in [2.45, 2.75) is 19.4 Å². The average molecular weight is 243 g/mol. The van der Waals surface area contributed by atoms with E-state index in [1.807, 2.05) is 0 Å². The summed E-state index contributed by atoms with van der Waals surface area (Å²) in [4.78, 5) is 22.6. The highest BCUT2D eigenvalue weighted by Gasteiger charge is 2.28. The number of carbonyl (C=O) groups excluding carboxylic acids is 1. The second-order valence-corrected chi connectivity index (χ2v) is 4.55. The molecule has 1 aromatic heterocycles. The summed E-state index contributed by atoms with van der Waals surface area (Å²) in [6.45, 7) is 3.21. The van der Waals surface area contributed by atoms with E-state index in [0.29, 0.717) is 5.69 Å². The van der Waals surface area contributed by atoms with Crippen LogP contribution in [-0.2, 0) is 9.53 Å². The summed E-state index contributed by atoms with van der Waals surface area (Å²) >= 11 is 1.06. The van der Waals surface area contributed by atoms with Gasteiger partial charge in [-0.05, 0) is 25.3 Å². The molecule has 1 amide bonds. The quantitative estimate of drug-likeness (QED) is 0.845. The molecule has 0 bridgehead atoms. The Morgan fingerprint density at radius 1 is 1.50 bits per heavy atom. The van der Waals surface area contributed by atoms with E-state index >= 15 is 0 Å². The molecule has 1 aromatic rings. The molecule has 0 spiro atoms. The number of anilines is 1. The first-order valence-electron chi connectivity index (χ1n) is 4.56. The fraction of sp³-hybridized carbons (Fsp3) is 0.400. The first-order chi connectivity index (χ1) is 7.38. The Labute approximate surface area is 97.0 Å². The number of amides is 1. The lowest BCUT2D eigenvalue weighted by atomic mass is 10.1. The Bertz CT molecular complexity index is 411. The van der Waals surface area contributed by atoms with E-state index < -0.39 is 11.6 Å². The SMILES string of the molecule is COC(C)(C)C(=O)Nc1ccsc1C(=O)O. The van der Waals surface area contributed by atoms with E-state index in [2.05, 4.69) is 5.32 Å². The number of hydrogen-bond acceptors (Lipinski definition) is 4. The molecule has 0 saturated carbocycles. The van der Waals surface area contributed by atoms with Gasteiger partial charge >= 0.3 is 5.97 Å². The van der Waals surface area contributed by atoms with E-state index in [1.54, 1.807) is 25.3 Å². The number of methoxy groups -OCH3 is 1. The molecule has 0 aliphatic heterocycles. The molecular weight excluding hydrogens is 230 g/mol. The lowest BCUT2D eigenvalue weighted by Crippen LogP contribution is -2.39. The summed E-state index contributed by atoms with van der Waals surface area (Å²) in [6, 6.07) is 1.55. The zero-order valence-electron chi connectivity index (χ0n) is 9.23. The Balaban J connectivity index is 2.85. The van der Waals surface area contributed by atoms with Crippen LogP contribution in [-0.4, -0.2) is 29.7 Å². The van der Waals surface area contributed by atoms with E-state index in [-0.39, 0.29) is 10.8 Å². The Hall–Kier alpha value is -1.40. The number of hydrogen-bond donors (Lipinski definition) is 2. The van der Waals surface area contributed by atoms with Crippen LogP contribution in [0.4, 0.5) is 5.69 Å². The molecule has 0 radical (unpaired) electrons. The number of thiophene rings is 1. The van der Waals surface area contributed by atoms with Crippen LogP contribution in [0.2, 0.25) is 0 Å². The molecule has 1 heterocycles. The van der Waals surface area contributed by atoms with Gasteiger partial charge in [-0.2, -0.15) is 0 Å². The molecule has 1 rings (SSSR count). The maximum Gasteiger partial charge on any atom is 0.348 e. The molecule has 16 heavy (non-hydrogen) atoms. The maximum absolute atomic E-state index is 11.7. The zero-order chi connectivity index (χ0) is 12.3. The second kappa shape index (κ2) is 4.63. The lowest BCUT2D eigenvalue weighted by molar-refractivity contribution is -0.133. The summed E-state index contributed by atoms with van der Waals surface area (Å²) < 4.78 is 4.99. The molecule has 0 aromatic carbocycles. The Kier molecular flexibility index (Phi) is 3.66. The molecule has 0 unspecified atom stereocenters. The summed E-state index contributed by atoms with van der Waals surface area (Å²) in [6.07, 6.45) is 0. The van der Waals surface area contributed by atoms with Gasteiger partial charge in [-0.3, -0.25) is 4.79 Å². The molecule has 0 atom stereocenters. The van der Waals surface area contributed by atoms with Crippen molar-refractivity contribution in [1.29, 1.82) is 0 Å². The van der Waals surface area contributed by atoms with E-state index in [1.165, 1.54) is 7.11 Å². The number of ether oxygens (including phenoxy) is 1. The smallest absolute Gasteiger partial charge is 0.348 e. The number of carboxylic acids is 1. The van der Waals surface area contributed by atoms with E-state index in [4.69, 9.17) is 9.84 Å². The summed E-state index contributed by atoms with van der Waals surface area (Å²) in [7, 11) is 1.42. The first-order valence-corrected chi connectivity index (χ1v) is 5.44. The highest BCUT2D eigenvalue weighted by molar-refractivity contribution is 7.12. The normalized spacial score (nSPS) is 11.2. The molecule has 0 aliphatic rings. The van der Waals surface area contributed by atoms with Gasteiger partial charge in [-0.15, -0.1) is 11.3 Å². The van der Waals surface area contributed by atoms with Crippen molar-refractivity contribution in [3.05, 3.63) is 16.3 Å². The van der Waals surface area contributed by atoms with Crippen molar-refractivity contribution < 1.29 is 19.4 Å². The molecule has 0 fully saturated rings. The van der Waals surface area contributed by atoms with E-state index in [9.17, 15) is 9.59 Å². The van der Waals surface area contributed by atoms with Crippen LogP contribution in [0.3, 0.4) is 0 Å². The predicted molar refractivity (Wildman–Crippen MR) is 61.0 cm³/mol.